The molecule has 5 heteroatoms. The summed E-state index contributed by atoms with van der Waals surface area (Å²) >= 11 is 0. The summed E-state index contributed by atoms with van der Waals surface area (Å²) in [6, 6.07) is 0.432. The first-order valence-corrected chi connectivity index (χ1v) is 6.30. The molecule has 0 amide bonds. The van der Waals surface area contributed by atoms with Crippen LogP contribution in [0.2, 0.25) is 0 Å². The second-order valence-corrected chi connectivity index (χ2v) is 4.91. The number of carboxylic acid groups (broad SMARTS) is 1. The molecule has 5 nitrogen and oxygen atoms in total. The van der Waals surface area contributed by atoms with Crippen molar-refractivity contribution in [1.82, 2.24) is 4.90 Å². The van der Waals surface area contributed by atoms with Crippen molar-refractivity contribution in [2.45, 2.75) is 31.3 Å². The molecule has 0 saturated carbocycles. The van der Waals surface area contributed by atoms with Gasteiger partial charge in [-0.2, -0.15) is 0 Å². The molecule has 0 aromatic heterocycles. The van der Waals surface area contributed by atoms with Gasteiger partial charge in [-0.1, -0.05) is 0 Å². The maximum atomic E-state index is 11.1. The van der Waals surface area contributed by atoms with Gasteiger partial charge in [0.25, 0.3) is 0 Å². The molecule has 3 unspecified atom stereocenters. The van der Waals surface area contributed by atoms with E-state index < -0.39 is 5.97 Å². The molecule has 2 saturated heterocycles. The van der Waals surface area contributed by atoms with E-state index in [2.05, 4.69) is 4.90 Å². The highest BCUT2D eigenvalue weighted by Crippen LogP contribution is 2.24. The zero-order chi connectivity index (χ0) is 12.3. The zero-order valence-electron chi connectivity index (χ0n) is 10.3. The molecule has 2 aliphatic rings. The predicted octanol–water partition coefficient (Wildman–Crippen LogP) is 0.587. The van der Waals surface area contributed by atoms with Crippen molar-refractivity contribution < 1.29 is 19.4 Å². The van der Waals surface area contributed by atoms with E-state index in [0.717, 1.165) is 32.5 Å². The lowest BCUT2D eigenvalue weighted by molar-refractivity contribution is -0.143. The average molecular weight is 243 g/mol. The first kappa shape index (κ1) is 12.8. The SMILES string of the molecule is CN(C1CCCOCC1)C1COCC1C(=O)O. The summed E-state index contributed by atoms with van der Waals surface area (Å²) < 4.78 is 10.8. The first-order chi connectivity index (χ1) is 8.20. The highest BCUT2D eigenvalue weighted by atomic mass is 16.5. The van der Waals surface area contributed by atoms with Crippen LogP contribution in [0, 0.1) is 5.92 Å². The van der Waals surface area contributed by atoms with E-state index in [0.29, 0.717) is 19.3 Å². The largest absolute Gasteiger partial charge is 0.481 e. The summed E-state index contributed by atoms with van der Waals surface area (Å²) in [4.78, 5) is 13.3. The van der Waals surface area contributed by atoms with Gasteiger partial charge < -0.3 is 14.6 Å². The van der Waals surface area contributed by atoms with Gasteiger partial charge >= 0.3 is 5.97 Å². The summed E-state index contributed by atoms with van der Waals surface area (Å²) in [6.45, 7) is 2.48. The van der Waals surface area contributed by atoms with Crippen molar-refractivity contribution in [2.24, 2.45) is 5.92 Å². The van der Waals surface area contributed by atoms with E-state index in [9.17, 15) is 4.79 Å². The molecule has 3 atom stereocenters. The molecule has 98 valence electrons. The van der Waals surface area contributed by atoms with Gasteiger partial charge in [0.2, 0.25) is 0 Å². The lowest BCUT2D eigenvalue weighted by Crippen LogP contribution is -2.46. The van der Waals surface area contributed by atoms with Gasteiger partial charge in [-0.15, -0.1) is 0 Å². The Balaban J connectivity index is 1.97. The van der Waals surface area contributed by atoms with Crippen LogP contribution in [0.4, 0.5) is 0 Å². The lowest BCUT2D eigenvalue weighted by atomic mass is 9.99. The smallest absolute Gasteiger partial charge is 0.310 e. The average Bonchev–Trinajstić information content (AvgIpc) is 2.64. The number of likely N-dealkylation sites (N-methyl/N-ethyl adjacent to an activating group) is 1. The van der Waals surface area contributed by atoms with Crippen LogP contribution in [0.15, 0.2) is 0 Å². The van der Waals surface area contributed by atoms with E-state index in [1.807, 2.05) is 7.05 Å². The van der Waals surface area contributed by atoms with Crippen molar-refractivity contribution in [3.8, 4) is 0 Å². The van der Waals surface area contributed by atoms with Gasteiger partial charge in [0.05, 0.1) is 19.1 Å². The number of carbonyl (C=O) groups is 1. The Morgan fingerprint density at radius 3 is 2.82 bits per heavy atom. The topological polar surface area (TPSA) is 59.0 Å². The molecule has 0 radical (unpaired) electrons. The Bertz CT molecular complexity index is 263. The molecule has 0 bridgehead atoms. The number of ether oxygens (including phenoxy) is 2. The van der Waals surface area contributed by atoms with Gasteiger partial charge in [-0.05, 0) is 26.3 Å². The standard InChI is InChI=1S/C12H21NO4/c1-13(9-3-2-5-16-6-4-9)11-8-17-7-10(11)12(14)15/h9-11H,2-8H2,1H3,(H,14,15). The molecule has 2 aliphatic heterocycles. The molecule has 0 aromatic rings. The molecule has 0 aliphatic carbocycles. The van der Waals surface area contributed by atoms with E-state index in [-0.39, 0.29) is 12.0 Å². The Kier molecular flexibility index (Phi) is 4.36. The molecule has 2 heterocycles. The minimum atomic E-state index is -0.746. The molecule has 1 N–H and O–H groups in total. The summed E-state index contributed by atoms with van der Waals surface area (Å²) in [5.41, 5.74) is 0. The summed E-state index contributed by atoms with van der Waals surface area (Å²) in [5.74, 6) is -1.13. The van der Waals surface area contributed by atoms with Crippen LogP contribution in [0.1, 0.15) is 19.3 Å². The van der Waals surface area contributed by atoms with Crippen LogP contribution in [0.25, 0.3) is 0 Å². The molecule has 2 fully saturated rings. The van der Waals surface area contributed by atoms with Crippen molar-refractivity contribution in [3.05, 3.63) is 0 Å². The van der Waals surface area contributed by atoms with Gasteiger partial charge in [-0.3, -0.25) is 9.69 Å². The van der Waals surface area contributed by atoms with Gasteiger partial charge in [0.15, 0.2) is 0 Å². The van der Waals surface area contributed by atoms with Crippen molar-refractivity contribution in [2.75, 3.05) is 33.5 Å². The fourth-order valence-electron chi connectivity index (χ4n) is 2.75. The normalized spacial score (nSPS) is 34.8. The van der Waals surface area contributed by atoms with Crippen LogP contribution in [0.3, 0.4) is 0 Å². The second kappa shape index (κ2) is 5.80. The summed E-state index contributed by atoms with van der Waals surface area (Å²) in [6.07, 6.45) is 3.12. The van der Waals surface area contributed by atoms with Crippen LogP contribution in [-0.2, 0) is 14.3 Å². The van der Waals surface area contributed by atoms with Crippen molar-refractivity contribution in [3.63, 3.8) is 0 Å². The van der Waals surface area contributed by atoms with Crippen LogP contribution < -0.4 is 0 Å². The lowest BCUT2D eigenvalue weighted by Gasteiger charge is -2.33. The highest BCUT2D eigenvalue weighted by Gasteiger charge is 2.38. The first-order valence-electron chi connectivity index (χ1n) is 6.30. The molecule has 0 spiro atoms. The minimum Gasteiger partial charge on any atom is -0.481 e. The Morgan fingerprint density at radius 1 is 1.24 bits per heavy atom. The maximum Gasteiger partial charge on any atom is 0.310 e. The van der Waals surface area contributed by atoms with Crippen LogP contribution in [0.5, 0.6) is 0 Å². The maximum absolute atomic E-state index is 11.1. The Morgan fingerprint density at radius 2 is 2.06 bits per heavy atom. The zero-order valence-corrected chi connectivity index (χ0v) is 10.3. The quantitative estimate of drug-likeness (QED) is 0.786. The number of aliphatic carboxylic acids is 1. The monoisotopic (exact) mass is 243 g/mol. The second-order valence-electron chi connectivity index (χ2n) is 4.91. The van der Waals surface area contributed by atoms with E-state index in [1.54, 1.807) is 0 Å². The van der Waals surface area contributed by atoms with Gasteiger partial charge in [0.1, 0.15) is 0 Å². The van der Waals surface area contributed by atoms with Gasteiger partial charge in [0, 0.05) is 25.3 Å². The third-order valence-electron chi connectivity index (χ3n) is 3.89. The number of nitrogens with zero attached hydrogens (tertiary/aromatic N) is 1. The van der Waals surface area contributed by atoms with Crippen molar-refractivity contribution >= 4 is 5.97 Å². The van der Waals surface area contributed by atoms with Crippen LogP contribution >= 0.6 is 0 Å². The fraction of sp³-hybridized carbons (Fsp3) is 0.917. The molecular weight excluding hydrogens is 222 g/mol. The predicted molar refractivity (Wildman–Crippen MR) is 62.0 cm³/mol. The minimum absolute atomic E-state index is 0.00981. The number of hydrogen-bond donors (Lipinski definition) is 1. The van der Waals surface area contributed by atoms with Crippen molar-refractivity contribution in [1.29, 1.82) is 0 Å². The molecule has 2 rings (SSSR count). The third kappa shape index (κ3) is 2.97. The molecule has 17 heavy (non-hydrogen) atoms. The van der Waals surface area contributed by atoms with E-state index in [1.165, 1.54) is 0 Å². The highest BCUT2D eigenvalue weighted by molar-refractivity contribution is 5.71. The summed E-state index contributed by atoms with van der Waals surface area (Å²) in [7, 11) is 2.02. The van der Waals surface area contributed by atoms with E-state index in [4.69, 9.17) is 14.6 Å². The number of hydrogen-bond acceptors (Lipinski definition) is 4. The fourth-order valence-corrected chi connectivity index (χ4v) is 2.75. The summed E-state index contributed by atoms with van der Waals surface area (Å²) in [5, 5.41) is 9.16. The number of rotatable bonds is 3. The Labute approximate surface area is 102 Å². The molecular formula is C12H21NO4. The van der Waals surface area contributed by atoms with E-state index >= 15 is 0 Å². The van der Waals surface area contributed by atoms with Gasteiger partial charge in [-0.25, -0.2) is 0 Å². The van der Waals surface area contributed by atoms with Crippen LogP contribution in [-0.4, -0.2) is 61.5 Å². The third-order valence-corrected chi connectivity index (χ3v) is 3.89. The molecule has 0 aromatic carbocycles. The number of carboxylic acids is 1. The Hall–Kier alpha value is -0.650.